The summed E-state index contributed by atoms with van der Waals surface area (Å²) in [6.45, 7) is 3.56. The van der Waals surface area contributed by atoms with Gasteiger partial charge in [-0.25, -0.2) is 0 Å². The maximum absolute atomic E-state index is 12.0. The van der Waals surface area contributed by atoms with Crippen LogP contribution in [0.4, 0.5) is 5.69 Å². The Bertz CT molecular complexity index is 681. The van der Waals surface area contributed by atoms with E-state index in [0.717, 1.165) is 0 Å². The van der Waals surface area contributed by atoms with Crippen LogP contribution in [0.2, 0.25) is 0 Å². The van der Waals surface area contributed by atoms with E-state index in [1.807, 2.05) is 0 Å². The topological polar surface area (TPSA) is 111 Å². The van der Waals surface area contributed by atoms with Crippen molar-refractivity contribution in [3.8, 4) is 0 Å². The van der Waals surface area contributed by atoms with Crippen LogP contribution in [0.3, 0.4) is 0 Å². The van der Waals surface area contributed by atoms with Crippen molar-refractivity contribution in [2.45, 2.75) is 20.3 Å². The molecular formula is C13H14N4O4. The third-order valence-corrected chi connectivity index (χ3v) is 2.94. The molecule has 0 aliphatic carbocycles. The highest BCUT2D eigenvalue weighted by Crippen LogP contribution is 2.20. The maximum atomic E-state index is 12.0. The van der Waals surface area contributed by atoms with Gasteiger partial charge in [0.05, 0.1) is 4.92 Å². The van der Waals surface area contributed by atoms with Crippen LogP contribution in [0.25, 0.3) is 0 Å². The van der Waals surface area contributed by atoms with Gasteiger partial charge in [0.25, 0.3) is 11.6 Å². The van der Waals surface area contributed by atoms with Gasteiger partial charge >= 0.3 is 0 Å². The molecular weight excluding hydrogens is 276 g/mol. The fraction of sp³-hybridized carbons (Fsp3) is 0.308. The van der Waals surface area contributed by atoms with Crippen LogP contribution in [-0.4, -0.2) is 27.5 Å². The number of aromatic nitrogens is 2. The molecule has 1 aromatic heterocycles. The summed E-state index contributed by atoms with van der Waals surface area (Å²) < 4.78 is 4.92. The van der Waals surface area contributed by atoms with Gasteiger partial charge < -0.3 is 9.84 Å². The third kappa shape index (κ3) is 3.41. The Balaban J connectivity index is 2.00. The highest BCUT2D eigenvalue weighted by molar-refractivity contribution is 5.96. The molecule has 0 fully saturated rings. The van der Waals surface area contributed by atoms with E-state index >= 15 is 0 Å². The number of carbonyl (C=O) groups excluding carboxylic acids is 1. The smallest absolute Gasteiger partial charge is 0.273 e. The van der Waals surface area contributed by atoms with Crippen LogP contribution in [-0.2, 0) is 6.42 Å². The number of nitro groups is 1. The van der Waals surface area contributed by atoms with Crippen molar-refractivity contribution >= 4 is 11.6 Å². The Labute approximate surface area is 120 Å². The summed E-state index contributed by atoms with van der Waals surface area (Å²) in [6.07, 6.45) is 0.403. The Morgan fingerprint density at radius 2 is 2.19 bits per heavy atom. The van der Waals surface area contributed by atoms with E-state index in [2.05, 4.69) is 15.5 Å². The quantitative estimate of drug-likeness (QED) is 0.660. The van der Waals surface area contributed by atoms with Crippen LogP contribution in [0.5, 0.6) is 0 Å². The highest BCUT2D eigenvalue weighted by Gasteiger charge is 2.17. The van der Waals surface area contributed by atoms with Crippen LogP contribution < -0.4 is 5.32 Å². The molecule has 0 unspecified atom stereocenters. The molecule has 0 radical (unpaired) electrons. The molecule has 0 atom stereocenters. The molecule has 110 valence electrons. The Morgan fingerprint density at radius 1 is 1.43 bits per heavy atom. The number of rotatable bonds is 5. The lowest BCUT2D eigenvalue weighted by atomic mass is 10.1. The van der Waals surface area contributed by atoms with Gasteiger partial charge in [0, 0.05) is 30.2 Å². The van der Waals surface area contributed by atoms with Crippen molar-refractivity contribution in [2.24, 2.45) is 0 Å². The second kappa shape index (κ2) is 6.12. The third-order valence-electron chi connectivity index (χ3n) is 2.94. The van der Waals surface area contributed by atoms with Gasteiger partial charge in [-0.05, 0) is 19.9 Å². The number of nitrogens with zero attached hydrogens (tertiary/aromatic N) is 3. The summed E-state index contributed by atoms with van der Waals surface area (Å²) in [4.78, 5) is 26.4. The van der Waals surface area contributed by atoms with Crippen molar-refractivity contribution in [3.63, 3.8) is 0 Å². The van der Waals surface area contributed by atoms with Crippen LogP contribution in [0, 0.1) is 24.0 Å². The summed E-state index contributed by atoms with van der Waals surface area (Å²) in [7, 11) is 0. The second-order valence-corrected chi connectivity index (χ2v) is 4.45. The molecule has 1 N–H and O–H groups in total. The predicted octanol–water partition coefficient (Wildman–Crippen LogP) is 1.57. The first-order chi connectivity index (χ1) is 9.99. The summed E-state index contributed by atoms with van der Waals surface area (Å²) in [5, 5.41) is 17.2. The average molecular weight is 290 g/mol. The Hall–Kier alpha value is -2.77. The van der Waals surface area contributed by atoms with E-state index in [1.165, 1.54) is 12.1 Å². The number of benzene rings is 1. The first-order valence-corrected chi connectivity index (χ1v) is 6.30. The summed E-state index contributed by atoms with van der Waals surface area (Å²) >= 11 is 0. The lowest BCUT2D eigenvalue weighted by molar-refractivity contribution is -0.385. The van der Waals surface area contributed by atoms with E-state index in [0.29, 0.717) is 30.2 Å². The fourth-order valence-corrected chi connectivity index (χ4v) is 1.89. The molecule has 2 rings (SSSR count). The number of nitrogens with one attached hydrogen (secondary N) is 1. The molecule has 0 bridgehead atoms. The van der Waals surface area contributed by atoms with Crippen molar-refractivity contribution in [2.75, 3.05) is 6.54 Å². The Morgan fingerprint density at radius 3 is 2.81 bits per heavy atom. The minimum Gasteiger partial charge on any atom is -0.352 e. The molecule has 0 spiro atoms. The van der Waals surface area contributed by atoms with Crippen LogP contribution in [0.1, 0.15) is 27.6 Å². The monoisotopic (exact) mass is 290 g/mol. The van der Waals surface area contributed by atoms with Crippen LogP contribution >= 0.6 is 0 Å². The van der Waals surface area contributed by atoms with Crippen molar-refractivity contribution in [1.29, 1.82) is 0 Å². The largest absolute Gasteiger partial charge is 0.352 e. The number of carbonyl (C=O) groups is 1. The molecule has 0 saturated heterocycles. The zero-order valence-corrected chi connectivity index (χ0v) is 11.6. The number of amides is 1. The van der Waals surface area contributed by atoms with Crippen molar-refractivity contribution < 1.29 is 14.2 Å². The minimum atomic E-state index is -0.507. The van der Waals surface area contributed by atoms with E-state index in [1.54, 1.807) is 19.9 Å². The van der Waals surface area contributed by atoms with Gasteiger partial charge in [0.15, 0.2) is 5.82 Å². The normalized spacial score (nSPS) is 10.4. The predicted molar refractivity (Wildman–Crippen MR) is 72.9 cm³/mol. The van der Waals surface area contributed by atoms with E-state index < -0.39 is 4.92 Å². The van der Waals surface area contributed by atoms with E-state index in [-0.39, 0.29) is 17.2 Å². The summed E-state index contributed by atoms with van der Waals surface area (Å²) in [5.41, 5.74) is 0.551. The first-order valence-electron chi connectivity index (χ1n) is 6.30. The number of nitro benzene ring substituents is 1. The Kier molecular flexibility index (Phi) is 4.27. The van der Waals surface area contributed by atoms with Gasteiger partial charge in [0.2, 0.25) is 5.89 Å². The van der Waals surface area contributed by atoms with Crippen LogP contribution in [0.15, 0.2) is 22.7 Å². The van der Waals surface area contributed by atoms with Gasteiger partial charge in [-0.2, -0.15) is 4.98 Å². The van der Waals surface area contributed by atoms with Gasteiger partial charge in [-0.15, -0.1) is 0 Å². The molecule has 1 aromatic carbocycles. The second-order valence-electron chi connectivity index (χ2n) is 4.45. The van der Waals surface area contributed by atoms with Gasteiger partial charge in [-0.3, -0.25) is 14.9 Å². The fourth-order valence-electron chi connectivity index (χ4n) is 1.89. The van der Waals surface area contributed by atoms with Crippen molar-refractivity contribution in [3.05, 3.63) is 51.2 Å². The molecule has 0 aliphatic rings. The zero-order chi connectivity index (χ0) is 15.4. The molecule has 0 saturated carbocycles. The molecule has 8 nitrogen and oxygen atoms in total. The standard InChI is InChI=1S/C13H14N4O4/c1-8-10(4-3-5-11(8)17(19)20)13(18)14-7-6-12-15-9(2)16-21-12/h3-5H,6-7H2,1-2H3,(H,14,18). The number of hydrogen-bond donors (Lipinski definition) is 1. The SMILES string of the molecule is Cc1noc(CCNC(=O)c2cccc([N+](=O)[O-])c2C)n1. The molecule has 21 heavy (non-hydrogen) atoms. The molecule has 0 aliphatic heterocycles. The molecule has 1 amide bonds. The minimum absolute atomic E-state index is 0.0739. The number of aryl methyl sites for hydroxylation is 1. The number of hydrogen-bond acceptors (Lipinski definition) is 6. The van der Waals surface area contributed by atoms with Gasteiger partial charge in [-0.1, -0.05) is 11.2 Å². The van der Waals surface area contributed by atoms with Gasteiger partial charge in [0.1, 0.15) is 0 Å². The average Bonchev–Trinajstić information content (AvgIpc) is 2.84. The molecule has 2 aromatic rings. The van der Waals surface area contributed by atoms with E-state index in [9.17, 15) is 14.9 Å². The highest BCUT2D eigenvalue weighted by atomic mass is 16.6. The molecule has 8 heteroatoms. The lowest BCUT2D eigenvalue weighted by Crippen LogP contribution is -2.26. The zero-order valence-electron chi connectivity index (χ0n) is 11.6. The summed E-state index contributed by atoms with van der Waals surface area (Å²) in [5.74, 6) is 0.599. The lowest BCUT2D eigenvalue weighted by Gasteiger charge is -2.06. The summed E-state index contributed by atoms with van der Waals surface area (Å²) in [6, 6.07) is 4.41. The molecule has 1 heterocycles. The van der Waals surface area contributed by atoms with Crippen molar-refractivity contribution in [1.82, 2.24) is 15.5 Å². The van der Waals surface area contributed by atoms with E-state index in [4.69, 9.17) is 4.52 Å². The first kappa shape index (κ1) is 14.6. The maximum Gasteiger partial charge on any atom is 0.273 e.